The molecule has 0 spiro atoms. The van der Waals surface area contributed by atoms with E-state index in [-0.39, 0.29) is 10.8 Å². The smallest absolute Gasteiger partial charge is 0.175 e. The molecule has 106 valence electrons. The lowest BCUT2D eigenvalue weighted by Gasteiger charge is -2.13. The molecule has 1 aromatic heterocycles. The molecule has 2 aromatic rings. The summed E-state index contributed by atoms with van der Waals surface area (Å²) in [7, 11) is -3.21. The highest BCUT2D eigenvalue weighted by molar-refractivity contribution is 7.90. The third-order valence-electron chi connectivity index (χ3n) is 2.97. The minimum atomic E-state index is -3.21. The van der Waals surface area contributed by atoms with E-state index < -0.39 is 9.84 Å². The molecule has 1 atom stereocenters. The first kappa shape index (κ1) is 15.2. The summed E-state index contributed by atoms with van der Waals surface area (Å²) < 4.78 is 22.9. The second-order valence-corrected chi connectivity index (χ2v) is 7.86. The summed E-state index contributed by atoms with van der Waals surface area (Å²) >= 11 is 7.41. The Labute approximate surface area is 127 Å². The van der Waals surface area contributed by atoms with Crippen LogP contribution in [0.3, 0.4) is 0 Å². The molecule has 0 bridgehead atoms. The van der Waals surface area contributed by atoms with Crippen LogP contribution in [0.15, 0.2) is 40.6 Å². The van der Waals surface area contributed by atoms with Crippen LogP contribution in [0, 0.1) is 0 Å². The molecule has 20 heavy (non-hydrogen) atoms. The number of carbonyl (C=O) groups excluding carboxylic acids is 1. The fraction of sp³-hybridized carbons (Fsp3) is 0.214. The fourth-order valence-corrected chi connectivity index (χ4v) is 3.83. The van der Waals surface area contributed by atoms with E-state index in [1.807, 2.05) is 11.4 Å². The van der Waals surface area contributed by atoms with Crippen LogP contribution in [0.2, 0.25) is 5.02 Å². The second-order valence-electron chi connectivity index (χ2n) is 4.46. The first-order valence-electron chi connectivity index (χ1n) is 5.89. The van der Waals surface area contributed by atoms with E-state index in [0.29, 0.717) is 11.4 Å². The minimum absolute atomic E-state index is 0.0846. The van der Waals surface area contributed by atoms with E-state index >= 15 is 0 Å². The molecule has 0 aliphatic rings. The summed E-state index contributed by atoms with van der Waals surface area (Å²) in [5.41, 5.74) is 0.906. The molecule has 1 heterocycles. The molecule has 6 heteroatoms. The van der Waals surface area contributed by atoms with Crippen molar-refractivity contribution in [1.29, 1.82) is 0 Å². The van der Waals surface area contributed by atoms with Crippen molar-refractivity contribution in [2.24, 2.45) is 0 Å². The number of sulfone groups is 1. The van der Waals surface area contributed by atoms with Crippen molar-refractivity contribution >= 4 is 39.1 Å². The number of hydrogen-bond acceptors (Lipinski definition) is 4. The van der Waals surface area contributed by atoms with Gasteiger partial charge >= 0.3 is 0 Å². The van der Waals surface area contributed by atoms with Gasteiger partial charge in [-0.3, -0.25) is 0 Å². The zero-order chi connectivity index (χ0) is 14.8. The van der Waals surface area contributed by atoms with Crippen molar-refractivity contribution in [2.75, 3.05) is 6.26 Å². The van der Waals surface area contributed by atoms with Crippen molar-refractivity contribution in [1.82, 2.24) is 0 Å². The quantitative estimate of drug-likeness (QED) is 0.789. The van der Waals surface area contributed by atoms with Gasteiger partial charge < -0.3 is 4.79 Å². The zero-order valence-electron chi connectivity index (χ0n) is 10.7. The number of carbonyl (C=O) groups is 1. The normalized spacial score (nSPS) is 13.1. The van der Waals surface area contributed by atoms with E-state index in [2.05, 4.69) is 0 Å². The maximum Gasteiger partial charge on any atom is 0.175 e. The molecule has 0 saturated carbocycles. The van der Waals surface area contributed by atoms with Gasteiger partial charge in [-0.2, -0.15) is 0 Å². The summed E-state index contributed by atoms with van der Waals surface area (Å²) in [5.74, 6) is -0.0846. The first-order valence-corrected chi connectivity index (χ1v) is 9.04. The topological polar surface area (TPSA) is 51.2 Å². The molecule has 0 amide bonds. The van der Waals surface area contributed by atoms with Gasteiger partial charge in [-0.05, 0) is 23.8 Å². The van der Waals surface area contributed by atoms with Gasteiger partial charge in [0.15, 0.2) is 9.84 Å². The van der Waals surface area contributed by atoms with Crippen LogP contribution in [-0.4, -0.2) is 21.0 Å². The first-order chi connectivity index (χ1) is 9.41. The van der Waals surface area contributed by atoms with Crippen LogP contribution >= 0.6 is 22.9 Å². The maximum atomic E-state index is 11.4. The van der Waals surface area contributed by atoms with Crippen molar-refractivity contribution in [3.05, 3.63) is 51.2 Å². The molecule has 0 saturated heterocycles. The number of aldehydes is 1. The molecule has 3 nitrogen and oxygen atoms in total. The van der Waals surface area contributed by atoms with Gasteiger partial charge in [-0.1, -0.05) is 23.7 Å². The van der Waals surface area contributed by atoms with E-state index in [9.17, 15) is 13.2 Å². The second kappa shape index (κ2) is 6.08. The van der Waals surface area contributed by atoms with E-state index in [0.717, 1.165) is 16.7 Å². The molecular formula is C14H13ClO3S2. The average Bonchev–Trinajstić information content (AvgIpc) is 2.81. The largest absolute Gasteiger partial charge is 0.303 e. The molecule has 0 aliphatic heterocycles. The molecule has 0 N–H and O–H groups in total. The predicted octanol–water partition coefficient (Wildman–Crippen LogP) is 3.53. The maximum absolute atomic E-state index is 11.4. The van der Waals surface area contributed by atoms with Gasteiger partial charge in [-0.25, -0.2) is 8.42 Å². The van der Waals surface area contributed by atoms with Crippen molar-refractivity contribution < 1.29 is 13.2 Å². The number of thiophene rings is 1. The summed E-state index contributed by atoms with van der Waals surface area (Å²) in [6.07, 6.45) is 2.38. The van der Waals surface area contributed by atoms with Crippen molar-refractivity contribution in [2.45, 2.75) is 17.2 Å². The lowest BCUT2D eigenvalue weighted by atomic mass is 9.95. The van der Waals surface area contributed by atoms with E-state index in [1.165, 1.54) is 17.6 Å². The van der Waals surface area contributed by atoms with Crippen LogP contribution in [0.25, 0.3) is 0 Å². The van der Waals surface area contributed by atoms with Crippen LogP contribution < -0.4 is 0 Å². The van der Waals surface area contributed by atoms with Crippen LogP contribution in [0.5, 0.6) is 0 Å². The number of rotatable bonds is 5. The lowest BCUT2D eigenvalue weighted by Crippen LogP contribution is -2.02. The molecular weight excluding hydrogens is 316 g/mol. The number of benzene rings is 1. The Morgan fingerprint density at radius 3 is 2.40 bits per heavy atom. The van der Waals surface area contributed by atoms with Crippen molar-refractivity contribution in [3.8, 4) is 0 Å². The van der Waals surface area contributed by atoms with Gasteiger partial charge in [0.05, 0.1) is 9.92 Å². The highest BCUT2D eigenvalue weighted by Crippen LogP contribution is 2.33. The van der Waals surface area contributed by atoms with Gasteiger partial charge in [0, 0.05) is 28.9 Å². The van der Waals surface area contributed by atoms with Crippen LogP contribution in [0.1, 0.15) is 22.8 Å². The Balaban J connectivity index is 2.37. The van der Waals surface area contributed by atoms with Crippen molar-refractivity contribution in [3.63, 3.8) is 0 Å². The Bertz CT molecular complexity index is 702. The fourth-order valence-electron chi connectivity index (χ4n) is 1.97. The van der Waals surface area contributed by atoms with E-state index in [4.69, 9.17) is 11.6 Å². The lowest BCUT2D eigenvalue weighted by molar-refractivity contribution is -0.108. The molecule has 0 unspecified atom stereocenters. The Morgan fingerprint density at radius 1 is 1.30 bits per heavy atom. The Morgan fingerprint density at radius 2 is 1.95 bits per heavy atom. The third kappa shape index (κ3) is 3.48. The SMILES string of the molecule is CS(=O)(=O)c1ccc([C@@H](CC=O)c2cc(Cl)cs2)cc1. The standard InChI is InChI=1S/C14H13ClO3S2/c1-20(17,18)12-4-2-10(3-5-12)13(6-7-16)14-8-11(15)9-19-14/h2-5,7-9,13H,6H2,1H3/t13-/m1/s1. The molecule has 1 aromatic carbocycles. The monoisotopic (exact) mass is 328 g/mol. The van der Waals surface area contributed by atoms with Gasteiger partial charge in [0.25, 0.3) is 0 Å². The van der Waals surface area contributed by atoms with Crippen LogP contribution in [-0.2, 0) is 14.6 Å². The Hall–Kier alpha value is -1.17. The van der Waals surface area contributed by atoms with Gasteiger partial charge in [0.2, 0.25) is 0 Å². The average molecular weight is 329 g/mol. The molecule has 2 rings (SSSR count). The zero-order valence-corrected chi connectivity index (χ0v) is 13.1. The number of hydrogen-bond donors (Lipinski definition) is 0. The summed E-state index contributed by atoms with van der Waals surface area (Å²) in [6.45, 7) is 0. The van der Waals surface area contributed by atoms with Gasteiger partial charge in [0.1, 0.15) is 6.29 Å². The highest BCUT2D eigenvalue weighted by atomic mass is 35.5. The minimum Gasteiger partial charge on any atom is -0.303 e. The summed E-state index contributed by atoms with van der Waals surface area (Å²) in [4.78, 5) is 12.1. The van der Waals surface area contributed by atoms with Crippen LogP contribution in [0.4, 0.5) is 0 Å². The Kier molecular flexibility index (Phi) is 4.62. The summed E-state index contributed by atoms with van der Waals surface area (Å²) in [5, 5.41) is 2.47. The highest BCUT2D eigenvalue weighted by Gasteiger charge is 2.17. The summed E-state index contributed by atoms with van der Waals surface area (Å²) in [6, 6.07) is 8.47. The number of halogens is 1. The predicted molar refractivity (Wildman–Crippen MR) is 81.4 cm³/mol. The molecule has 0 radical (unpaired) electrons. The van der Waals surface area contributed by atoms with E-state index in [1.54, 1.807) is 24.3 Å². The molecule has 0 aliphatic carbocycles. The third-order valence-corrected chi connectivity index (χ3v) is 5.50. The van der Waals surface area contributed by atoms with Gasteiger partial charge in [-0.15, -0.1) is 11.3 Å². The molecule has 0 fully saturated rings.